The highest BCUT2D eigenvalue weighted by Crippen LogP contribution is 2.32. The molecule has 0 fully saturated rings. The minimum Gasteiger partial charge on any atom is -0.504 e. The summed E-state index contributed by atoms with van der Waals surface area (Å²) in [5.41, 5.74) is 3.54. The Hall–Kier alpha value is -1.93. The van der Waals surface area contributed by atoms with Crippen molar-refractivity contribution in [1.82, 2.24) is 10.4 Å². The number of aromatic hydroxyl groups is 1. The normalized spacial score (nSPS) is 10.9. The van der Waals surface area contributed by atoms with Gasteiger partial charge in [-0.2, -0.15) is 5.10 Å². The van der Waals surface area contributed by atoms with Gasteiger partial charge >= 0.3 is 0 Å². The van der Waals surface area contributed by atoms with Crippen molar-refractivity contribution in [3.05, 3.63) is 38.3 Å². The number of ether oxygens (including phenoxy) is 1. The molecule has 6 nitrogen and oxygen atoms in total. The molecule has 1 heterocycles. The van der Waals surface area contributed by atoms with Crippen LogP contribution in [0.5, 0.6) is 11.5 Å². The lowest BCUT2D eigenvalue weighted by Gasteiger charge is -2.06. The van der Waals surface area contributed by atoms with Gasteiger partial charge in [-0.15, -0.1) is 11.3 Å². The third-order valence-corrected chi connectivity index (χ3v) is 3.97. The summed E-state index contributed by atoms with van der Waals surface area (Å²) in [6.45, 7) is 1.88. The zero-order valence-electron chi connectivity index (χ0n) is 12.0. The lowest BCUT2D eigenvalue weighted by Crippen LogP contribution is -2.19. The second-order valence-corrected chi connectivity index (χ2v) is 6.35. The Morgan fingerprint density at radius 3 is 3.00 bits per heavy atom. The van der Waals surface area contributed by atoms with E-state index >= 15 is 0 Å². The molecule has 0 atom stereocenters. The van der Waals surface area contributed by atoms with Gasteiger partial charge in [0.25, 0.3) is 0 Å². The molecule has 0 aliphatic heterocycles. The minimum atomic E-state index is -0.275. The van der Waals surface area contributed by atoms with Crippen molar-refractivity contribution in [3.8, 4) is 11.5 Å². The molecule has 1 aromatic heterocycles. The number of nitrogens with one attached hydrogen (secondary N) is 1. The van der Waals surface area contributed by atoms with Gasteiger partial charge in [-0.05, 0) is 19.1 Å². The van der Waals surface area contributed by atoms with E-state index in [4.69, 9.17) is 4.74 Å². The number of halogens is 1. The van der Waals surface area contributed by atoms with Crippen molar-refractivity contribution in [2.45, 2.75) is 13.3 Å². The highest BCUT2D eigenvalue weighted by atomic mass is 79.9. The van der Waals surface area contributed by atoms with E-state index in [9.17, 15) is 9.90 Å². The maximum Gasteiger partial charge on any atom is 0.246 e. The Balaban J connectivity index is 2.00. The van der Waals surface area contributed by atoms with E-state index < -0.39 is 0 Å². The quantitative estimate of drug-likeness (QED) is 0.613. The fourth-order valence-electron chi connectivity index (χ4n) is 1.72. The highest BCUT2D eigenvalue weighted by Gasteiger charge is 2.09. The van der Waals surface area contributed by atoms with Crippen molar-refractivity contribution in [2.24, 2.45) is 5.10 Å². The number of aryl methyl sites for hydroxylation is 1. The van der Waals surface area contributed by atoms with E-state index in [-0.39, 0.29) is 18.1 Å². The summed E-state index contributed by atoms with van der Waals surface area (Å²) in [5, 5.41) is 16.5. The van der Waals surface area contributed by atoms with Crippen LogP contribution in [0.2, 0.25) is 0 Å². The molecule has 2 rings (SSSR count). The number of carbonyl (C=O) groups is 1. The first-order chi connectivity index (χ1) is 10.5. The van der Waals surface area contributed by atoms with Crippen LogP contribution in [0.1, 0.15) is 16.3 Å². The van der Waals surface area contributed by atoms with Gasteiger partial charge in [0.2, 0.25) is 5.91 Å². The van der Waals surface area contributed by atoms with E-state index in [0.29, 0.717) is 17.0 Å². The number of benzene rings is 1. The molecule has 0 radical (unpaired) electrons. The summed E-state index contributed by atoms with van der Waals surface area (Å²) in [6, 6.07) is 3.30. The van der Waals surface area contributed by atoms with Crippen LogP contribution in [-0.4, -0.2) is 29.3 Å². The number of hydrogen-bond acceptors (Lipinski definition) is 6. The van der Waals surface area contributed by atoms with Crippen LogP contribution in [0.3, 0.4) is 0 Å². The molecule has 0 aliphatic carbocycles. The molecular formula is C14H14BrN3O3S. The molecule has 0 unspecified atom stereocenters. The summed E-state index contributed by atoms with van der Waals surface area (Å²) < 4.78 is 5.77. The van der Waals surface area contributed by atoms with Gasteiger partial charge in [-0.3, -0.25) is 4.79 Å². The smallest absolute Gasteiger partial charge is 0.246 e. The molecule has 22 heavy (non-hydrogen) atoms. The van der Waals surface area contributed by atoms with Crippen LogP contribution in [0.4, 0.5) is 0 Å². The van der Waals surface area contributed by atoms with Crippen LogP contribution in [0.15, 0.2) is 27.1 Å². The number of thiazole rings is 1. The zero-order chi connectivity index (χ0) is 16.1. The molecular weight excluding hydrogens is 370 g/mol. The lowest BCUT2D eigenvalue weighted by atomic mass is 10.2. The van der Waals surface area contributed by atoms with Gasteiger partial charge < -0.3 is 9.84 Å². The number of nitrogens with zero attached hydrogens (tertiary/aromatic N) is 2. The average molecular weight is 384 g/mol. The van der Waals surface area contributed by atoms with Gasteiger partial charge in [0.05, 0.1) is 30.4 Å². The molecule has 0 spiro atoms. The van der Waals surface area contributed by atoms with E-state index in [2.05, 4.69) is 31.4 Å². The summed E-state index contributed by atoms with van der Waals surface area (Å²) in [5.74, 6) is 0.00178. The molecule has 0 aliphatic rings. The molecule has 8 heteroatoms. The second-order valence-electron chi connectivity index (χ2n) is 4.37. The Morgan fingerprint density at radius 2 is 2.36 bits per heavy atom. The van der Waals surface area contributed by atoms with Gasteiger partial charge in [-0.1, -0.05) is 15.9 Å². The maximum atomic E-state index is 11.7. The number of rotatable bonds is 5. The van der Waals surface area contributed by atoms with Crippen LogP contribution < -0.4 is 10.2 Å². The largest absolute Gasteiger partial charge is 0.504 e. The topological polar surface area (TPSA) is 83.8 Å². The Morgan fingerprint density at radius 1 is 1.59 bits per heavy atom. The van der Waals surface area contributed by atoms with Crippen LogP contribution in [0.25, 0.3) is 0 Å². The van der Waals surface area contributed by atoms with Gasteiger partial charge in [0, 0.05) is 15.4 Å². The SMILES string of the molecule is COc1cc(Br)cc(/C=N/NC(=O)Cc2csc(C)n2)c1O. The molecule has 1 amide bonds. The van der Waals surface area contributed by atoms with Crippen LogP contribution in [0, 0.1) is 6.92 Å². The van der Waals surface area contributed by atoms with Gasteiger partial charge in [-0.25, -0.2) is 10.4 Å². The Kier molecular flexibility index (Phi) is 5.51. The van der Waals surface area contributed by atoms with Crippen molar-refractivity contribution in [1.29, 1.82) is 0 Å². The predicted octanol–water partition coefficient (Wildman–Crippen LogP) is 2.62. The van der Waals surface area contributed by atoms with E-state index in [1.54, 1.807) is 12.1 Å². The van der Waals surface area contributed by atoms with Crippen molar-refractivity contribution >= 4 is 39.4 Å². The summed E-state index contributed by atoms with van der Waals surface area (Å²) in [4.78, 5) is 15.9. The fraction of sp³-hybridized carbons (Fsp3) is 0.214. The van der Waals surface area contributed by atoms with E-state index in [1.165, 1.54) is 24.7 Å². The van der Waals surface area contributed by atoms with Crippen molar-refractivity contribution in [2.75, 3.05) is 7.11 Å². The third kappa shape index (κ3) is 4.28. The Labute approximate surface area is 140 Å². The maximum absolute atomic E-state index is 11.7. The number of carbonyl (C=O) groups excluding carboxylic acids is 1. The van der Waals surface area contributed by atoms with Crippen LogP contribution >= 0.6 is 27.3 Å². The first-order valence-corrected chi connectivity index (χ1v) is 7.96. The standard InChI is InChI=1S/C14H14BrN3O3S/c1-8-17-11(7-22-8)5-13(19)18-16-6-9-3-10(15)4-12(21-2)14(9)20/h3-4,6-7,20H,5H2,1-2H3,(H,18,19)/b16-6+. The Bertz CT molecular complexity index is 715. The van der Waals surface area contributed by atoms with Crippen molar-refractivity contribution < 1.29 is 14.6 Å². The molecule has 0 saturated heterocycles. The zero-order valence-corrected chi connectivity index (χ0v) is 14.4. The summed E-state index contributed by atoms with van der Waals surface area (Å²) in [7, 11) is 1.46. The number of methoxy groups -OCH3 is 1. The molecule has 2 aromatic rings. The first-order valence-electron chi connectivity index (χ1n) is 6.29. The number of aromatic nitrogens is 1. The lowest BCUT2D eigenvalue weighted by molar-refractivity contribution is -0.120. The van der Waals surface area contributed by atoms with Crippen LogP contribution in [-0.2, 0) is 11.2 Å². The summed E-state index contributed by atoms with van der Waals surface area (Å²) >= 11 is 4.80. The van der Waals surface area contributed by atoms with E-state index in [0.717, 1.165) is 9.48 Å². The molecule has 116 valence electrons. The second kappa shape index (κ2) is 7.37. The number of phenolic OH excluding ortho intramolecular Hbond substituents is 1. The van der Waals surface area contributed by atoms with Gasteiger partial charge in [0.1, 0.15) is 0 Å². The highest BCUT2D eigenvalue weighted by molar-refractivity contribution is 9.10. The minimum absolute atomic E-state index is 0.0428. The number of amides is 1. The first kappa shape index (κ1) is 16.4. The van der Waals surface area contributed by atoms with E-state index in [1.807, 2.05) is 12.3 Å². The number of phenols is 1. The number of hydrogen-bond donors (Lipinski definition) is 2. The molecule has 2 N–H and O–H groups in total. The summed E-state index contributed by atoms with van der Waals surface area (Å²) in [6.07, 6.45) is 1.52. The average Bonchev–Trinajstić information content (AvgIpc) is 2.87. The molecule has 0 bridgehead atoms. The number of hydrazone groups is 1. The van der Waals surface area contributed by atoms with Crippen molar-refractivity contribution in [3.63, 3.8) is 0 Å². The molecule has 0 saturated carbocycles. The van der Waals surface area contributed by atoms with Gasteiger partial charge in [0.15, 0.2) is 11.5 Å². The monoisotopic (exact) mass is 383 g/mol. The fourth-order valence-corrected chi connectivity index (χ4v) is 2.78. The molecule has 1 aromatic carbocycles. The predicted molar refractivity (Wildman–Crippen MR) is 88.7 cm³/mol. The third-order valence-electron chi connectivity index (χ3n) is 2.69.